The Morgan fingerprint density at radius 3 is 1.37 bits per heavy atom. The summed E-state index contributed by atoms with van der Waals surface area (Å²) >= 11 is 0. The van der Waals surface area contributed by atoms with Crippen molar-refractivity contribution in [1.29, 1.82) is 0 Å². The minimum absolute atomic E-state index is 0.929. The van der Waals surface area contributed by atoms with Crippen molar-refractivity contribution < 1.29 is 0 Å². The van der Waals surface area contributed by atoms with E-state index in [1.165, 1.54) is 114 Å². The van der Waals surface area contributed by atoms with Crippen LogP contribution in [0.15, 0.2) is 218 Å². The molecule has 14 aromatic carbocycles. The van der Waals surface area contributed by atoms with Gasteiger partial charge in [0.15, 0.2) is 0 Å². The van der Waals surface area contributed by atoms with Crippen LogP contribution < -0.4 is 0 Å². The van der Waals surface area contributed by atoms with E-state index >= 15 is 0 Å². The van der Waals surface area contributed by atoms with Crippen LogP contribution in [0.1, 0.15) is 0 Å². The van der Waals surface area contributed by atoms with Crippen LogP contribution in [0.3, 0.4) is 0 Å². The molecule has 0 aliphatic carbocycles. The quantitative estimate of drug-likeness (QED) is 0.162. The van der Waals surface area contributed by atoms with E-state index in [1.54, 1.807) is 0 Å². The average molecular weight is 821 g/mol. The van der Waals surface area contributed by atoms with Gasteiger partial charge in [-0.05, 0) is 133 Å². The van der Waals surface area contributed by atoms with Crippen molar-refractivity contribution in [3.63, 3.8) is 0 Å². The van der Waals surface area contributed by atoms with E-state index in [-0.39, 0.29) is 0 Å². The molecule has 2 nitrogen and oxygen atoms in total. The molecular weight excluding hydrogens is 785 g/mol. The molecule has 65 heavy (non-hydrogen) atoms. The lowest BCUT2D eigenvalue weighted by Crippen LogP contribution is -1.98. The number of aromatic nitrogens is 2. The Kier molecular flexibility index (Phi) is 6.98. The summed E-state index contributed by atoms with van der Waals surface area (Å²) in [6.07, 6.45) is 0. The van der Waals surface area contributed by atoms with Gasteiger partial charge in [0.05, 0.1) is 11.0 Å². The highest BCUT2D eigenvalue weighted by atomic mass is 15.1. The predicted octanol–water partition coefficient (Wildman–Crippen LogP) is 17.3. The molecule has 1 heterocycles. The number of imidazole rings is 1. The zero-order valence-electron chi connectivity index (χ0n) is 35.2. The van der Waals surface area contributed by atoms with Gasteiger partial charge in [-0.3, -0.25) is 4.57 Å². The molecule has 2 heteroatoms. The second-order valence-corrected chi connectivity index (χ2v) is 17.8. The van der Waals surface area contributed by atoms with Gasteiger partial charge in [0.25, 0.3) is 0 Å². The zero-order valence-corrected chi connectivity index (χ0v) is 35.2. The van der Waals surface area contributed by atoms with Gasteiger partial charge in [0.1, 0.15) is 5.82 Å². The van der Waals surface area contributed by atoms with Crippen LogP contribution in [0.2, 0.25) is 0 Å². The van der Waals surface area contributed by atoms with E-state index in [2.05, 4.69) is 223 Å². The molecule has 0 atom stereocenters. The normalized spacial score (nSPS) is 12.3. The second-order valence-electron chi connectivity index (χ2n) is 17.8. The fourth-order valence-corrected chi connectivity index (χ4v) is 11.5. The average Bonchev–Trinajstić information content (AvgIpc) is 3.78. The first-order chi connectivity index (χ1) is 32.2. The van der Waals surface area contributed by atoms with Crippen LogP contribution in [0.25, 0.3) is 147 Å². The molecule has 15 rings (SSSR count). The third kappa shape index (κ3) is 4.86. The minimum atomic E-state index is 0.929. The maximum Gasteiger partial charge on any atom is 0.146 e. The van der Waals surface area contributed by atoms with Crippen molar-refractivity contribution in [3.8, 4) is 39.3 Å². The third-order valence-electron chi connectivity index (χ3n) is 14.4. The molecule has 0 saturated carbocycles. The largest absolute Gasteiger partial charge is 0.292 e. The first-order valence-electron chi connectivity index (χ1n) is 22.5. The predicted molar refractivity (Wildman–Crippen MR) is 277 cm³/mol. The molecule has 0 saturated heterocycles. The van der Waals surface area contributed by atoms with Gasteiger partial charge in [0.2, 0.25) is 0 Å². The first-order valence-corrected chi connectivity index (χ1v) is 22.5. The molecule has 0 amide bonds. The summed E-state index contributed by atoms with van der Waals surface area (Å²) in [5.41, 5.74) is 9.11. The summed E-state index contributed by atoms with van der Waals surface area (Å²) in [4.78, 5) is 5.82. The molecule has 298 valence electrons. The number of rotatable bonds is 4. The van der Waals surface area contributed by atoms with Crippen molar-refractivity contribution in [2.45, 2.75) is 0 Å². The second kappa shape index (κ2) is 13.0. The van der Waals surface area contributed by atoms with Crippen molar-refractivity contribution >= 4 is 108 Å². The third-order valence-corrected chi connectivity index (χ3v) is 14.4. The topological polar surface area (TPSA) is 17.8 Å². The molecule has 0 aliphatic rings. The minimum Gasteiger partial charge on any atom is -0.292 e. The number of hydrogen-bond donors (Lipinski definition) is 0. The Balaban J connectivity index is 1.07. The van der Waals surface area contributed by atoms with Gasteiger partial charge in [-0.25, -0.2) is 4.98 Å². The summed E-state index contributed by atoms with van der Waals surface area (Å²) in [5.74, 6) is 0.929. The molecular formula is C63H36N2. The summed E-state index contributed by atoms with van der Waals surface area (Å²) < 4.78 is 2.43. The molecule has 1 aromatic heterocycles. The fourth-order valence-electron chi connectivity index (χ4n) is 11.5. The van der Waals surface area contributed by atoms with Crippen LogP contribution >= 0.6 is 0 Å². The summed E-state index contributed by atoms with van der Waals surface area (Å²) in [6.45, 7) is 0. The number of benzene rings is 14. The van der Waals surface area contributed by atoms with Crippen molar-refractivity contribution in [3.05, 3.63) is 218 Å². The van der Waals surface area contributed by atoms with Crippen LogP contribution in [-0.2, 0) is 0 Å². The lowest BCUT2D eigenvalue weighted by atomic mass is 9.88. The molecule has 0 spiro atoms. The van der Waals surface area contributed by atoms with Gasteiger partial charge >= 0.3 is 0 Å². The monoisotopic (exact) mass is 820 g/mol. The number of para-hydroxylation sites is 1. The molecule has 0 unspecified atom stereocenters. The Labute approximate surface area is 373 Å². The van der Waals surface area contributed by atoms with Gasteiger partial charge in [-0.15, -0.1) is 0 Å². The van der Waals surface area contributed by atoms with E-state index < -0.39 is 0 Å². The smallest absolute Gasteiger partial charge is 0.146 e. The Bertz CT molecular complexity index is 4420. The molecule has 0 fully saturated rings. The summed E-state index contributed by atoms with van der Waals surface area (Å²) in [7, 11) is 0. The van der Waals surface area contributed by atoms with Crippen LogP contribution in [0, 0.1) is 0 Å². The highest BCUT2D eigenvalue weighted by Crippen LogP contribution is 2.46. The van der Waals surface area contributed by atoms with Gasteiger partial charge in [0, 0.05) is 22.0 Å². The Morgan fingerprint density at radius 2 is 0.738 bits per heavy atom. The summed E-state index contributed by atoms with van der Waals surface area (Å²) in [5, 5.41) is 22.6. The van der Waals surface area contributed by atoms with Crippen LogP contribution in [0.5, 0.6) is 0 Å². The maximum atomic E-state index is 5.82. The van der Waals surface area contributed by atoms with Gasteiger partial charge < -0.3 is 0 Å². The van der Waals surface area contributed by atoms with Crippen molar-refractivity contribution in [2.75, 3.05) is 0 Å². The number of fused-ring (bicyclic) bond motifs is 7. The van der Waals surface area contributed by atoms with E-state index in [9.17, 15) is 0 Å². The molecule has 0 N–H and O–H groups in total. The SMILES string of the molecule is c1ccc(-n2c(-c3cccc4ccccc34)nc3c4cc(-c5ccc6ccc7cccc8ccc5c6c78)ccc4c4ccc(-c5ccc6ccc7cccc8ccc5c6c78)cc4c32)cc1. The zero-order chi connectivity index (χ0) is 42.3. The van der Waals surface area contributed by atoms with E-state index in [1.807, 2.05) is 0 Å². The first kappa shape index (κ1) is 34.9. The fraction of sp³-hybridized carbons (Fsp3) is 0. The summed E-state index contributed by atoms with van der Waals surface area (Å²) in [6, 6.07) is 81.1. The Hall–Kier alpha value is -8.59. The van der Waals surface area contributed by atoms with Crippen molar-refractivity contribution in [2.24, 2.45) is 0 Å². The van der Waals surface area contributed by atoms with Gasteiger partial charge in [-0.2, -0.15) is 0 Å². The number of nitrogens with zero attached hydrogens (tertiary/aromatic N) is 2. The lowest BCUT2D eigenvalue weighted by molar-refractivity contribution is 1.11. The highest BCUT2D eigenvalue weighted by Gasteiger charge is 2.23. The van der Waals surface area contributed by atoms with E-state index in [0.29, 0.717) is 0 Å². The van der Waals surface area contributed by atoms with Crippen LogP contribution in [-0.4, -0.2) is 9.55 Å². The molecule has 0 radical (unpaired) electrons. The van der Waals surface area contributed by atoms with Crippen molar-refractivity contribution in [1.82, 2.24) is 9.55 Å². The standard InChI is InChI=1S/C63H36N2/c1-2-15-46(16-3-1)65-62-56-36-45(49-30-24-43-22-20-39-12-7-14-41-26-34-53(49)60(43)58(39)41)28-32-51(56)50-31-27-44(35-55(50)61(62)64-63(65)54-18-8-10-37-9-4-5-17-47(37)54)48-29-23-42-21-19-38-11-6-13-40-25-33-52(48)59(42)57(38)40/h1-36H. The molecule has 15 aromatic rings. The molecule has 0 bridgehead atoms. The maximum absolute atomic E-state index is 5.82. The molecule has 0 aliphatic heterocycles. The van der Waals surface area contributed by atoms with E-state index in [0.717, 1.165) is 33.5 Å². The van der Waals surface area contributed by atoms with E-state index in [4.69, 9.17) is 4.98 Å². The lowest BCUT2D eigenvalue weighted by Gasteiger charge is -2.17. The Morgan fingerprint density at radius 1 is 0.277 bits per heavy atom. The number of hydrogen-bond acceptors (Lipinski definition) is 1. The van der Waals surface area contributed by atoms with Gasteiger partial charge in [-0.1, -0.05) is 194 Å². The highest BCUT2D eigenvalue weighted by molar-refractivity contribution is 6.29. The van der Waals surface area contributed by atoms with Crippen LogP contribution in [0.4, 0.5) is 0 Å².